The molecule has 1 amide bonds. The number of carboxylic acids is 2. The molecule has 34 heavy (non-hydrogen) atoms. The van der Waals surface area contributed by atoms with E-state index in [9.17, 15) is 19.5 Å². The molecule has 1 atom stereocenters. The molecule has 1 unspecified atom stereocenters. The molecule has 3 N–H and O–H groups in total. The maximum Gasteiger partial charge on any atom is 0.341 e. The van der Waals surface area contributed by atoms with Gasteiger partial charge < -0.3 is 29.7 Å². The molecular formula is C23H19Cl2NO8. The first-order valence-corrected chi connectivity index (χ1v) is 10.5. The monoisotopic (exact) mass is 507 g/mol. The number of rotatable bonds is 10. The SMILES string of the molecule is COCC(Oc1cc(C(=O)O)cc2cc(Cl)cc(Cl)c12)C(=O)Nc1ccccc1OCC(=O)O. The van der Waals surface area contributed by atoms with Gasteiger partial charge >= 0.3 is 11.9 Å². The molecule has 0 saturated heterocycles. The maximum absolute atomic E-state index is 13.0. The van der Waals surface area contributed by atoms with Crippen LogP contribution in [0.3, 0.4) is 0 Å². The fraction of sp³-hybridized carbons (Fsp3) is 0.174. The van der Waals surface area contributed by atoms with Crippen LogP contribution in [-0.4, -0.2) is 54.5 Å². The molecule has 0 aromatic heterocycles. The summed E-state index contributed by atoms with van der Waals surface area (Å²) < 4.78 is 16.2. The molecule has 0 radical (unpaired) electrons. The van der Waals surface area contributed by atoms with E-state index in [0.29, 0.717) is 15.8 Å². The van der Waals surface area contributed by atoms with Crippen molar-refractivity contribution in [3.05, 3.63) is 64.1 Å². The van der Waals surface area contributed by atoms with Gasteiger partial charge in [0.2, 0.25) is 6.10 Å². The molecule has 0 saturated carbocycles. The lowest BCUT2D eigenvalue weighted by atomic mass is 10.1. The van der Waals surface area contributed by atoms with E-state index >= 15 is 0 Å². The lowest BCUT2D eigenvalue weighted by Crippen LogP contribution is -2.37. The fourth-order valence-corrected chi connectivity index (χ4v) is 3.72. The molecule has 0 aliphatic carbocycles. The van der Waals surface area contributed by atoms with Gasteiger partial charge in [0.1, 0.15) is 11.5 Å². The average Bonchev–Trinajstić information content (AvgIpc) is 2.77. The molecule has 0 heterocycles. The number of aliphatic carboxylic acids is 1. The number of ether oxygens (including phenoxy) is 3. The number of carboxylic acid groups (broad SMARTS) is 2. The largest absolute Gasteiger partial charge is 0.480 e. The van der Waals surface area contributed by atoms with E-state index in [1.54, 1.807) is 12.1 Å². The summed E-state index contributed by atoms with van der Waals surface area (Å²) in [5.41, 5.74) is 0.122. The fourth-order valence-electron chi connectivity index (χ4n) is 3.12. The Bertz CT molecular complexity index is 1250. The number of aromatic carboxylic acids is 1. The number of para-hydroxylation sites is 2. The molecule has 3 rings (SSSR count). The third-order valence-electron chi connectivity index (χ3n) is 4.55. The number of methoxy groups -OCH3 is 1. The average molecular weight is 508 g/mol. The van der Waals surface area contributed by atoms with Gasteiger partial charge in [-0.2, -0.15) is 0 Å². The summed E-state index contributed by atoms with van der Waals surface area (Å²) in [6, 6.07) is 11.9. The van der Waals surface area contributed by atoms with Crippen LogP contribution in [0.1, 0.15) is 10.4 Å². The van der Waals surface area contributed by atoms with E-state index in [2.05, 4.69) is 5.32 Å². The van der Waals surface area contributed by atoms with E-state index in [-0.39, 0.29) is 34.4 Å². The Morgan fingerprint density at radius 2 is 1.76 bits per heavy atom. The highest BCUT2D eigenvalue weighted by atomic mass is 35.5. The predicted molar refractivity (Wildman–Crippen MR) is 125 cm³/mol. The number of carbonyl (C=O) groups is 3. The Morgan fingerprint density at radius 1 is 1.03 bits per heavy atom. The van der Waals surface area contributed by atoms with E-state index in [4.69, 9.17) is 42.5 Å². The van der Waals surface area contributed by atoms with E-state index in [0.717, 1.165) is 0 Å². The van der Waals surface area contributed by atoms with E-state index in [1.165, 1.54) is 43.5 Å². The molecule has 3 aromatic rings. The van der Waals surface area contributed by atoms with Crippen LogP contribution in [0.15, 0.2) is 48.5 Å². The molecule has 0 bridgehead atoms. The molecule has 0 fully saturated rings. The topological polar surface area (TPSA) is 131 Å². The number of nitrogens with one attached hydrogen (secondary N) is 1. The Morgan fingerprint density at radius 3 is 2.44 bits per heavy atom. The van der Waals surface area contributed by atoms with Crippen LogP contribution in [0, 0.1) is 0 Å². The van der Waals surface area contributed by atoms with Gasteiger partial charge in [-0.15, -0.1) is 0 Å². The summed E-state index contributed by atoms with van der Waals surface area (Å²) in [4.78, 5) is 35.5. The van der Waals surface area contributed by atoms with Crippen molar-refractivity contribution in [1.82, 2.24) is 0 Å². The highest BCUT2D eigenvalue weighted by molar-refractivity contribution is 6.39. The Kier molecular flexibility index (Phi) is 8.17. The zero-order valence-electron chi connectivity index (χ0n) is 17.7. The van der Waals surface area contributed by atoms with Crippen LogP contribution in [0.5, 0.6) is 11.5 Å². The van der Waals surface area contributed by atoms with Gasteiger partial charge in [0.05, 0.1) is 22.9 Å². The van der Waals surface area contributed by atoms with Crippen LogP contribution in [0.25, 0.3) is 10.8 Å². The third-order valence-corrected chi connectivity index (χ3v) is 5.07. The minimum Gasteiger partial charge on any atom is -0.480 e. The van der Waals surface area contributed by atoms with Crippen LogP contribution in [0.2, 0.25) is 10.0 Å². The zero-order chi connectivity index (χ0) is 24.8. The van der Waals surface area contributed by atoms with Crippen molar-refractivity contribution >= 4 is 57.5 Å². The quantitative estimate of drug-likeness (QED) is 0.369. The van der Waals surface area contributed by atoms with Gasteiger partial charge in [0, 0.05) is 17.5 Å². The lowest BCUT2D eigenvalue weighted by Gasteiger charge is -2.21. The lowest BCUT2D eigenvalue weighted by molar-refractivity contribution is -0.139. The number of halogens is 2. The highest BCUT2D eigenvalue weighted by Gasteiger charge is 2.24. The summed E-state index contributed by atoms with van der Waals surface area (Å²) in [5.74, 6) is -2.84. The third kappa shape index (κ3) is 6.07. The van der Waals surface area contributed by atoms with Crippen molar-refractivity contribution in [2.24, 2.45) is 0 Å². The number of fused-ring (bicyclic) bond motifs is 1. The van der Waals surface area contributed by atoms with Crippen molar-refractivity contribution in [3.8, 4) is 11.5 Å². The molecule has 0 aliphatic heterocycles. The van der Waals surface area contributed by atoms with Crippen LogP contribution in [-0.2, 0) is 14.3 Å². The van der Waals surface area contributed by atoms with Crippen molar-refractivity contribution in [3.63, 3.8) is 0 Å². The van der Waals surface area contributed by atoms with Gasteiger partial charge in [0.25, 0.3) is 5.91 Å². The Hall–Kier alpha value is -3.53. The summed E-state index contributed by atoms with van der Waals surface area (Å²) in [6.45, 7) is -0.784. The molecule has 178 valence electrons. The van der Waals surface area contributed by atoms with Crippen molar-refractivity contribution in [2.75, 3.05) is 25.6 Å². The predicted octanol–water partition coefficient (Wildman–Crippen LogP) is 4.34. The number of hydrogen-bond acceptors (Lipinski definition) is 6. The van der Waals surface area contributed by atoms with Gasteiger partial charge in [-0.1, -0.05) is 35.3 Å². The summed E-state index contributed by atoms with van der Waals surface area (Å²) >= 11 is 12.4. The van der Waals surface area contributed by atoms with Crippen molar-refractivity contribution in [2.45, 2.75) is 6.10 Å². The smallest absolute Gasteiger partial charge is 0.341 e. The first-order valence-electron chi connectivity index (χ1n) is 9.75. The van der Waals surface area contributed by atoms with Gasteiger partial charge in [-0.25, -0.2) is 9.59 Å². The Balaban J connectivity index is 1.95. The van der Waals surface area contributed by atoms with Crippen molar-refractivity contribution in [1.29, 1.82) is 0 Å². The van der Waals surface area contributed by atoms with E-state index < -0.39 is 30.6 Å². The van der Waals surface area contributed by atoms with Crippen LogP contribution >= 0.6 is 23.2 Å². The van der Waals surface area contributed by atoms with Crippen LogP contribution in [0.4, 0.5) is 5.69 Å². The number of anilines is 1. The zero-order valence-corrected chi connectivity index (χ0v) is 19.2. The normalized spacial score (nSPS) is 11.6. The molecule has 9 nitrogen and oxygen atoms in total. The second kappa shape index (κ2) is 11.1. The minimum absolute atomic E-state index is 0.0455. The second-order valence-electron chi connectivity index (χ2n) is 6.99. The second-order valence-corrected chi connectivity index (χ2v) is 7.84. The Labute approximate surface area is 203 Å². The molecular weight excluding hydrogens is 489 g/mol. The first-order chi connectivity index (χ1) is 16.2. The summed E-state index contributed by atoms with van der Waals surface area (Å²) in [7, 11) is 1.37. The number of benzene rings is 3. The number of carbonyl (C=O) groups excluding carboxylic acids is 1. The summed E-state index contributed by atoms with van der Waals surface area (Å²) in [5, 5.41) is 22.2. The minimum atomic E-state index is -1.23. The number of amides is 1. The maximum atomic E-state index is 13.0. The number of hydrogen-bond donors (Lipinski definition) is 3. The van der Waals surface area contributed by atoms with Gasteiger partial charge in [-0.3, -0.25) is 4.79 Å². The van der Waals surface area contributed by atoms with Gasteiger partial charge in [-0.05, 0) is 41.8 Å². The van der Waals surface area contributed by atoms with Crippen molar-refractivity contribution < 1.29 is 38.8 Å². The summed E-state index contributed by atoms with van der Waals surface area (Å²) in [6.07, 6.45) is -1.23. The van der Waals surface area contributed by atoms with Crippen LogP contribution < -0.4 is 14.8 Å². The molecule has 3 aromatic carbocycles. The van der Waals surface area contributed by atoms with E-state index in [1.807, 2.05) is 0 Å². The standard InChI is InChI=1S/C23H19Cl2NO8/c1-32-10-19(22(29)26-16-4-2-3-5-17(16)33-11-20(27)28)34-18-8-13(23(30)31)6-12-7-14(24)9-15(25)21(12)18/h2-9,19H,10-11H2,1H3,(H,26,29)(H,27,28)(H,30,31). The first kappa shape index (κ1) is 25.1. The molecule has 0 aliphatic rings. The van der Waals surface area contributed by atoms with Gasteiger partial charge in [0.15, 0.2) is 6.61 Å². The molecule has 11 heteroatoms. The highest BCUT2D eigenvalue weighted by Crippen LogP contribution is 2.37. The molecule has 0 spiro atoms.